The van der Waals surface area contributed by atoms with Crippen LogP contribution in [0.4, 0.5) is 0 Å². The lowest BCUT2D eigenvalue weighted by Gasteiger charge is -2.06. The Morgan fingerprint density at radius 3 is 2.67 bits per heavy atom. The van der Waals surface area contributed by atoms with E-state index >= 15 is 0 Å². The molecule has 0 bridgehead atoms. The fourth-order valence-electron chi connectivity index (χ4n) is 1.75. The minimum Gasteiger partial charge on any atom is -0.326 e. The molecule has 0 aromatic heterocycles. The summed E-state index contributed by atoms with van der Waals surface area (Å²) in [5.74, 6) is 0.958. The summed E-state index contributed by atoms with van der Waals surface area (Å²) >= 11 is 7.93. The maximum Gasteiger partial charge on any atom is 0.0462 e. The molecule has 3 heteroatoms. The molecule has 18 heavy (non-hydrogen) atoms. The molecule has 0 saturated heterocycles. The third-order valence-electron chi connectivity index (χ3n) is 2.73. The van der Waals surface area contributed by atoms with Crippen LogP contribution in [0.5, 0.6) is 0 Å². The largest absolute Gasteiger partial charge is 0.326 e. The van der Waals surface area contributed by atoms with Crippen LogP contribution in [0.25, 0.3) is 0 Å². The summed E-state index contributed by atoms with van der Waals surface area (Å²) in [6.45, 7) is 2.60. The second-order valence-corrected chi connectivity index (χ2v) is 5.69. The van der Waals surface area contributed by atoms with Crippen molar-refractivity contribution < 1.29 is 0 Å². The summed E-state index contributed by atoms with van der Waals surface area (Å²) in [4.78, 5) is 1.18. The number of benzene rings is 2. The van der Waals surface area contributed by atoms with Crippen molar-refractivity contribution in [1.82, 2.24) is 0 Å². The van der Waals surface area contributed by atoms with Gasteiger partial charge in [-0.3, -0.25) is 0 Å². The van der Waals surface area contributed by atoms with Gasteiger partial charge in [0.1, 0.15) is 0 Å². The molecule has 0 spiro atoms. The topological polar surface area (TPSA) is 26.0 Å². The van der Waals surface area contributed by atoms with Gasteiger partial charge in [-0.25, -0.2) is 0 Å². The quantitative estimate of drug-likeness (QED) is 0.839. The standard InChI is InChI=1S/C15H16ClNS/c1-11-3-2-4-12(7-11)10-18-14-6-5-13(9-17)15(16)8-14/h2-8H,9-10,17H2,1H3. The molecule has 1 nitrogen and oxygen atoms in total. The molecule has 94 valence electrons. The molecule has 0 unspecified atom stereocenters. The average molecular weight is 278 g/mol. The van der Waals surface area contributed by atoms with E-state index in [2.05, 4.69) is 37.3 Å². The lowest BCUT2D eigenvalue weighted by Crippen LogP contribution is -1.96. The van der Waals surface area contributed by atoms with E-state index in [1.165, 1.54) is 16.0 Å². The zero-order valence-corrected chi connectivity index (χ0v) is 11.9. The molecule has 2 N–H and O–H groups in total. The van der Waals surface area contributed by atoms with Crippen molar-refractivity contribution in [3.05, 3.63) is 64.2 Å². The van der Waals surface area contributed by atoms with E-state index < -0.39 is 0 Å². The molecule has 0 heterocycles. The molecule has 0 fully saturated rings. The highest BCUT2D eigenvalue weighted by Crippen LogP contribution is 2.27. The number of aryl methyl sites for hydroxylation is 1. The van der Waals surface area contributed by atoms with Crippen LogP contribution in [0.2, 0.25) is 5.02 Å². The SMILES string of the molecule is Cc1cccc(CSc2ccc(CN)c(Cl)c2)c1. The Morgan fingerprint density at radius 1 is 1.17 bits per heavy atom. The maximum atomic E-state index is 6.14. The van der Waals surface area contributed by atoms with Crippen LogP contribution < -0.4 is 5.73 Å². The Hall–Kier alpha value is -0.960. The molecule has 0 aliphatic carbocycles. The Morgan fingerprint density at radius 2 is 2.00 bits per heavy atom. The van der Waals surface area contributed by atoms with Crippen LogP contribution in [-0.4, -0.2) is 0 Å². The lowest BCUT2D eigenvalue weighted by molar-refractivity contribution is 1.07. The molecular weight excluding hydrogens is 262 g/mol. The Balaban J connectivity index is 2.04. The minimum absolute atomic E-state index is 0.488. The summed E-state index contributed by atoms with van der Waals surface area (Å²) in [6, 6.07) is 14.6. The number of halogens is 1. The van der Waals surface area contributed by atoms with Crippen LogP contribution in [-0.2, 0) is 12.3 Å². The van der Waals surface area contributed by atoms with Crippen molar-refractivity contribution >= 4 is 23.4 Å². The average Bonchev–Trinajstić information content (AvgIpc) is 2.37. The Bertz CT molecular complexity index is 540. The van der Waals surface area contributed by atoms with Crippen molar-refractivity contribution in [3.8, 4) is 0 Å². The number of rotatable bonds is 4. The fraction of sp³-hybridized carbons (Fsp3) is 0.200. The van der Waals surface area contributed by atoms with Gasteiger partial charge in [-0.1, -0.05) is 47.5 Å². The van der Waals surface area contributed by atoms with Crippen molar-refractivity contribution in [2.24, 2.45) is 5.73 Å². The first kappa shape index (κ1) is 13.5. The third-order valence-corrected chi connectivity index (χ3v) is 4.15. The second-order valence-electron chi connectivity index (χ2n) is 4.24. The van der Waals surface area contributed by atoms with E-state index in [4.69, 9.17) is 17.3 Å². The summed E-state index contributed by atoms with van der Waals surface area (Å²) in [5.41, 5.74) is 9.22. The summed E-state index contributed by atoms with van der Waals surface area (Å²) in [6.07, 6.45) is 0. The molecule has 2 aromatic rings. The predicted molar refractivity (Wildman–Crippen MR) is 80.1 cm³/mol. The zero-order chi connectivity index (χ0) is 13.0. The zero-order valence-electron chi connectivity index (χ0n) is 10.3. The third kappa shape index (κ3) is 3.52. The molecule has 0 radical (unpaired) electrons. The Labute approximate surface area is 117 Å². The van der Waals surface area contributed by atoms with E-state index in [9.17, 15) is 0 Å². The van der Waals surface area contributed by atoms with E-state index in [0.29, 0.717) is 6.54 Å². The van der Waals surface area contributed by atoms with Gasteiger partial charge in [0, 0.05) is 22.2 Å². The van der Waals surface area contributed by atoms with Crippen molar-refractivity contribution in [2.75, 3.05) is 0 Å². The van der Waals surface area contributed by atoms with Gasteiger partial charge >= 0.3 is 0 Å². The van der Waals surface area contributed by atoms with Gasteiger partial charge in [0.2, 0.25) is 0 Å². The van der Waals surface area contributed by atoms with E-state index in [0.717, 1.165) is 16.3 Å². The summed E-state index contributed by atoms with van der Waals surface area (Å²) < 4.78 is 0. The highest BCUT2D eigenvalue weighted by Gasteiger charge is 2.01. The highest BCUT2D eigenvalue weighted by molar-refractivity contribution is 7.98. The second kappa shape index (κ2) is 6.28. The van der Waals surface area contributed by atoms with Crippen LogP contribution in [0.1, 0.15) is 16.7 Å². The first-order valence-corrected chi connectivity index (χ1v) is 7.22. The minimum atomic E-state index is 0.488. The summed E-state index contributed by atoms with van der Waals surface area (Å²) in [5, 5.41) is 0.756. The van der Waals surface area contributed by atoms with Crippen LogP contribution in [0.3, 0.4) is 0 Å². The number of thioether (sulfide) groups is 1. The maximum absolute atomic E-state index is 6.14. The normalized spacial score (nSPS) is 10.6. The van der Waals surface area contributed by atoms with Crippen LogP contribution in [0.15, 0.2) is 47.4 Å². The van der Waals surface area contributed by atoms with Gasteiger partial charge in [0.05, 0.1) is 0 Å². The van der Waals surface area contributed by atoms with Crippen LogP contribution >= 0.6 is 23.4 Å². The molecule has 0 aliphatic rings. The fourth-order valence-corrected chi connectivity index (χ4v) is 2.95. The van der Waals surface area contributed by atoms with Crippen molar-refractivity contribution in [2.45, 2.75) is 24.1 Å². The molecule has 2 rings (SSSR count). The number of hydrogen-bond acceptors (Lipinski definition) is 2. The van der Waals surface area contributed by atoms with Crippen LogP contribution in [0, 0.1) is 6.92 Å². The molecular formula is C15H16ClNS. The van der Waals surface area contributed by atoms with Gasteiger partial charge in [-0.2, -0.15) is 0 Å². The lowest BCUT2D eigenvalue weighted by atomic mass is 10.2. The van der Waals surface area contributed by atoms with Gasteiger partial charge in [-0.05, 0) is 30.2 Å². The first-order valence-electron chi connectivity index (χ1n) is 5.86. The molecule has 0 saturated carbocycles. The van der Waals surface area contributed by atoms with Gasteiger partial charge in [0.25, 0.3) is 0 Å². The first-order chi connectivity index (χ1) is 8.69. The van der Waals surface area contributed by atoms with Gasteiger partial charge in [-0.15, -0.1) is 11.8 Å². The number of nitrogens with two attached hydrogens (primary N) is 1. The van der Waals surface area contributed by atoms with E-state index in [1.54, 1.807) is 11.8 Å². The highest BCUT2D eigenvalue weighted by atomic mass is 35.5. The smallest absolute Gasteiger partial charge is 0.0462 e. The van der Waals surface area contributed by atoms with Gasteiger partial charge < -0.3 is 5.73 Å². The van der Waals surface area contributed by atoms with Crippen molar-refractivity contribution in [1.29, 1.82) is 0 Å². The summed E-state index contributed by atoms with van der Waals surface area (Å²) in [7, 11) is 0. The molecule has 0 atom stereocenters. The predicted octanol–water partition coefficient (Wildman–Crippen LogP) is 4.40. The monoisotopic (exact) mass is 277 g/mol. The van der Waals surface area contributed by atoms with Crippen molar-refractivity contribution in [3.63, 3.8) is 0 Å². The molecule has 2 aromatic carbocycles. The Kier molecular flexibility index (Phi) is 4.70. The van der Waals surface area contributed by atoms with E-state index in [-0.39, 0.29) is 0 Å². The van der Waals surface area contributed by atoms with E-state index in [1.807, 2.05) is 12.1 Å². The molecule has 0 amide bonds. The number of hydrogen-bond donors (Lipinski definition) is 1. The van der Waals surface area contributed by atoms with Gasteiger partial charge in [0.15, 0.2) is 0 Å². The molecule has 0 aliphatic heterocycles.